The average Bonchev–Trinajstić information content (AvgIpc) is 3.47. The van der Waals surface area contributed by atoms with Gasteiger partial charge in [0.25, 0.3) is 5.78 Å². The molecule has 0 fully saturated rings. The van der Waals surface area contributed by atoms with Crippen LogP contribution in [0.15, 0.2) is 65.0 Å². The fraction of sp³-hybridized carbons (Fsp3) is 0.200. The third kappa shape index (κ3) is 4.56. The number of hydrogen-bond donors (Lipinski definition) is 0. The van der Waals surface area contributed by atoms with Gasteiger partial charge in [-0.25, -0.2) is 4.98 Å². The molecule has 166 valence electrons. The molecule has 8 heteroatoms. The first-order chi connectivity index (χ1) is 16.1. The summed E-state index contributed by atoms with van der Waals surface area (Å²) in [5.41, 5.74) is 1.89. The van der Waals surface area contributed by atoms with Crippen molar-refractivity contribution < 1.29 is 4.74 Å². The average molecular weight is 457 g/mol. The molecule has 0 saturated carbocycles. The monoisotopic (exact) mass is 456 g/mol. The lowest BCUT2D eigenvalue weighted by Crippen LogP contribution is -2.15. The highest BCUT2D eigenvalue weighted by Gasteiger charge is 2.13. The Kier molecular flexibility index (Phi) is 5.75. The van der Waals surface area contributed by atoms with Gasteiger partial charge in [0.05, 0.1) is 19.3 Å². The van der Waals surface area contributed by atoms with Gasteiger partial charge in [-0.2, -0.15) is 9.50 Å². The predicted molar refractivity (Wildman–Crippen MR) is 134 cm³/mol. The molecule has 0 spiro atoms. The van der Waals surface area contributed by atoms with Crippen LogP contribution >= 0.6 is 11.3 Å². The normalized spacial score (nSPS) is 11.6. The Balaban J connectivity index is 1.38. The van der Waals surface area contributed by atoms with Gasteiger partial charge in [0.15, 0.2) is 5.82 Å². The van der Waals surface area contributed by atoms with Crippen LogP contribution in [0.4, 0.5) is 5.82 Å². The van der Waals surface area contributed by atoms with Gasteiger partial charge < -0.3 is 9.64 Å². The number of ether oxygens (including phenoxy) is 1. The van der Waals surface area contributed by atoms with Crippen molar-refractivity contribution in [2.75, 3.05) is 26.1 Å². The minimum Gasteiger partial charge on any atom is -0.497 e. The molecule has 0 N–H and O–H groups in total. The molecule has 0 unspecified atom stereocenters. The van der Waals surface area contributed by atoms with Crippen molar-refractivity contribution in [3.8, 4) is 5.75 Å². The number of aromatic nitrogens is 4. The highest BCUT2D eigenvalue weighted by molar-refractivity contribution is 7.09. The highest BCUT2D eigenvalue weighted by atomic mass is 32.1. The molecule has 5 aromatic rings. The SMILES string of the molecule is COc1ccc2cc(C=NCc3cc(N(C)C)n4nc(Cc5cccs5)nc4n3)ccc2c1. The lowest BCUT2D eigenvalue weighted by Gasteiger charge is -2.14. The van der Waals surface area contributed by atoms with Crippen molar-refractivity contribution in [2.45, 2.75) is 13.0 Å². The Labute approximate surface area is 196 Å². The summed E-state index contributed by atoms with van der Waals surface area (Å²) < 4.78 is 7.10. The molecule has 5 rings (SSSR count). The Morgan fingerprint density at radius 3 is 2.70 bits per heavy atom. The fourth-order valence-corrected chi connectivity index (χ4v) is 4.38. The van der Waals surface area contributed by atoms with Gasteiger partial charge in [0.1, 0.15) is 11.6 Å². The first-order valence-electron chi connectivity index (χ1n) is 10.6. The van der Waals surface area contributed by atoms with Crippen LogP contribution in [0, 0.1) is 0 Å². The van der Waals surface area contributed by atoms with Crippen LogP contribution < -0.4 is 9.64 Å². The van der Waals surface area contributed by atoms with Crippen LogP contribution in [-0.4, -0.2) is 47.0 Å². The maximum absolute atomic E-state index is 5.30. The number of thiophene rings is 1. The Bertz CT molecular complexity index is 1440. The van der Waals surface area contributed by atoms with Crippen molar-refractivity contribution >= 4 is 39.9 Å². The topological polar surface area (TPSA) is 67.9 Å². The lowest BCUT2D eigenvalue weighted by atomic mass is 10.1. The lowest BCUT2D eigenvalue weighted by molar-refractivity contribution is 0.415. The van der Waals surface area contributed by atoms with Crippen LogP contribution in [0.25, 0.3) is 16.6 Å². The summed E-state index contributed by atoms with van der Waals surface area (Å²) in [6.07, 6.45) is 2.59. The van der Waals surface area contributed by atoms with E-state index < -0.39 is 0 Å². The molecule has 7 nitrogen and oxygen atoms in total. The molecule has 0 aliphatic carbocycles. The summed E-state index contributed by atoms with van der Waals surface area (Å²) in [5.74, 6) is 3.14. The summed E-state index contributed by atoms with van der Waals surface area (Å²) in [6.45, 7) is 0.463. The van der Waals surface area contributed by atoms with E-state index in [1.165, 1.54) is 4.88 Å². The second-order valence-corrected chi connectivity index (χ2v) is 8.97. The van der Waals surface area contributed by atoms with Gasteiger partial charge in [0.2, 0.25) is 0 Å². The first kappa shape index (κ1) is 21.1. The zero-order valence-electron chi connectivity index (χ0n) is 18.8. The zero-order chi connectivity index (χ0) is 22.8. The number of aliphatic imine (C=N–C) groups is 1. The maximum atomic E-state index is 5.30. The minimum absolute atomic E-state index is 0.463. The van der Waals surface area contributed by atoms with Gasteiger partial charge in [-0.05, 0) is 46.0 Å². The third-order valence-electron chi connectivity index (χ3n) is 5.33. The van der Waals surface area contributed by atoms with E-state index in [9.17, 15) is 0 Å². The fourth-order valence-electron chi connectivity index (χ4n) is 3.68. The molecule has 3 heterocycles. The van der Waals surface area contributed by atoms with Crippen molar-refractivity contribution in [1.29, 1.82) is 0 Å². The Morgan fingerprint density at radius 1 is 1.06 bits per heavy atom. The summed E-state index contributed by atoms with van der Waals surface area (Å²) in [6, 6.07) is 18.5. The molecule has 0 radical (unpaired) electrons. The van der Waals surface area contributed by atoms with Crippen molar-refractivity contribution in [2.24, 2.45) is 4.99 Å². The standard InChI is InChI=1S/C25H24N6OS/c1-30(2)24-13-20(27-25-28-23(29-31(24)25)14-22-5-4-10-33-22)16-26-15-17-6-7-19-12-21(32-3)9-8-18(19)11-17/h4-13,15H,14,16H2,1-3H3. The van der Waals surface area contributed by atoms with Crippen LogP contribution in [0.5, 0.6) is 5.75 Å². The summed E-state index contributed by atoms with van der Waals surface area (Å²) >= 11 is 1.71. The van der Waals surface area contributed by atoms with Crippen LogP contribution in [-0.2, 0) is 13.0 Å². The van der Waals surface area contributed by atoms with E-state index in [0.717, 1.165) is 39.4 Å². The number of rotatable bonds is 7. The smallest absolute Gasteiger partial charge is 0.254 e. The number of methoxy groups -OCH3 is 1. The first-order valence-corrected chi connectivity index (χ1v) is 11.5. The van der Waals surface area contributed by atoms with Gasteiger partial charge in [-0.15, -0.1) is 16.4 Å². The molecule has 0 amide bonds. The largest absolute Gasteiger partial charge is 0.497 e. The number of hydrogen-bond acceptors (Lipinski definition) is 7. The quantitative estimate of drug-likeness (QED) is 0.334. The Hall–Kier alpha value is -3.78. The number of fused-ring (bicyclic) bond motifs is 2. The van der Waals surface area contributed by atoms with E-state index in [0.29, 0.717) is 18.7 Å². The van der Waals surface area contributed by atoms with Gasteiger partial charge in [-0.3, -0.25) is 4.99 Å². The Morgan fingerprint density at radius 2 is 1.91 bits per heavy atom. The van der Waals surface area contributed by atoms with Gasteiger partial charge in [-0.1, -0.05) is 24.3 Å². The van der Waals surface area contributed by atoms with E-state index in [-0.39, 0.29) is 0 Å². The van der Waals surface area contributed by atoms with Crippen LogP contribution in [0.1, 0.15) is 22.0 Å². The predicted octanol–water partition coefficient (Wildman–Crippen LogP) is 4.62. The molecule has 2 aromatic carbocycles. The van der Waals surface area contributed by atoms with Crippen LogP contribution in [0.3, 0.4) is 0 Å². The molecule has 0 aliphatic heterocycles. The van der Waals surface area contributed by atoms with E-state index >= 15 is 0 Å². The molecule has 33 heavy (non-hydrogen) atoms. The molecule has 3 aromatic heterocycles. The number of benzene rings is 2. The second kappa shape index (κ2) is 8.99. The molecule has 0 aliphatic rings. The minimum atomic E-state index is 0.463. The summed E-state index contributed by atoms with van der Waals surface area (Å²) in [4.78, 5) is 17.3. The maximum Gasteiger partial charge on any atom is 0.254 e. The molecule has 0 atom stereocenters. The molecule has 0 bridgehead atoms. The molecular formula is C25H24N6OS. The van der Waals surface area contributed by atoms with E-state index in [4.69, 9.17) is 9.72 Å². The van der Waals surface area contributed by atoms with E-state index in [2.05, 4.69) is 50.8 Å². The number of nitrogens with zero attached hydrogens (tertiary/aromatic N) is 6. The molecule has 0 saturated heterocycles. The van der Waals surface area contributed by atoms with E-state index in [1.54, 1.807) is 23.0 Å². The van der Waals surface area contributed by atoms with Crippen molar-refractivity contribution in [1.82, 2.24) is 19.6 Å². The van der Waals surface area contributed by atoms with Gasteiger partial charge >= 0.3 is 0 Å². The van der Waals surface area contributed by atoms with Crippen LogP contribution in [0.2, 0.25) is 0 Å². The summed E-state index contributed by atoms with van der Waals surface area (Å²) in [7, 11) is 5.67. The number of anilines is 1. The third-order valence-corrected chi connectivity index (χ3v) is 6.20. The van der Waals surface area contributed by atoms with E-state index in [1.807, 2.05) is 49.5 Å². The second-order valence-electron chi connectivity index (χ2n) is 7.94. The van der Waals surface area contributed by atoms with Crippen molar-refractivity contribution in [3.05, 3.63) is 81.9 Å². The summed E-state index contributed by atoms with van der Waals surface area (Å²) in [5, 5.41) is 9.03. The molecular weight excluding hydrogens is 432 g/mol. The highest BCUT2D eigenvalue weighted by Crippen LogP contribution is 2.22. The van der Waals surface area contributed by atoms with Gasteiger partial charge in [0, 0.05) is 37.7 Å². The van der Waals surface area contributed by atoms with Crippen molar-refractivity contribution in [3.63, 3.8) is 0 Å². The zero-order valence-corrected chi connectivity index (χ0v) is 19.6.